The highest BCUT2D eigenvalue weighted by Gasteiger charge is 2.19. The molecule has 0 radical (unpaired) electrons. The van der Waals surface area contributed by atoms with E-state index in [2.05, 4.69) is 32.2 Å². The Balaban J connectivity index is 1.45. The van der Waals surface area contributed by atoms with E-state index in [9.17, 15) is 4.79 Å². The van der Waals surface area contributed by atoms with Gasteiger partial charge in [0, 0.05) is 25.7 Å². The van der Waals surface area contributed by atoms with Gasteiger partial charge in [0.2, 0.25) is 5.95 Å². The minimum atomic E-state index is -0.262. The van der Waals surface area contributed by atoms with Gasteiger partial charge in [0.15, 0.2) is 0 Å². The van der Waals surface area contributed by atoms with Crippen LogP contribution in [0.15, 0.2) is 42.7 Å². The lowest BCUT2D eigenvalue weighted by atomic mass is 10.00. The lowest BCUT2D eigenvalue weighted by molar-refractivity contribution is 0.101. The summed E-state index contributed by atoms with van der Waals surface area (Å²) in [7, 11) is 3.37. The van der Waals surface area contributed by atoms with E-state index < -0.39 is 0 Å². The second-order valence-electron chi connectivity index (χ2n) is 7.67. The SMILES string of the molecule is COc1cccc(-c2cc(C(=O)Nc3cnc(N4CCC(C)CC4)nc3)n(C)n2)c1. The largest absolute Gasteiger partial charge is 0.497 e. The van der Waals surface area contributed by atoms with Crippen LogP contribution in [0.25, 0.3) is 11.3 Å². The van der Waals surface area contributed by atoms with Crippen LogP contribution in [0.5, 0.6) is 5.75 Å². The van der Waals surface area contributed by atoms with E-state index in [0.717, 1.165) is 43.2 Å². The fourth-order valence-corrected chi connectivity index (χ4v) is 3.56. The summed E-state index contributed by atoms with van der Waals surface area (Å²) in [6, 6.07) is 9.34. The number of nitrogens with zero attached hydrogens (tertiary/aromatic N) is 5. The summed E-state index contributed by atoms with van der Waals surface area (Å²) in [4.78, 5) is 23.8. The number of aromatic nitrogens is 4. The van der Waals surface area contributed by atoms with Gasteiger partial charge in [0.25, 0.3) is 5.91 Å². The van der Waals surface area contributed by atoms with Crippen LogP contribution >= 0.6 is 0 Å². The van der Waals surface area contributed by atoms with Crippen LogP contribution < -0.4 is 15.0 Å². The molecule has 0 atom stereocenters. The number of piperidine rings is 1. The molecule has 0 spiro atoms. The molecule has 3 aromatic rings. The maximum absolute atomic E-state index is 12.8. The van der Waals surface area contributed by atoms with E-state index in [1.807, 2.05) is 24.3 Å². The monoisotopic (exact) mass is 406 g/mol. The Morgan fingerprint density at radius 3 is 2.60 bits per heavy atom. The molecule has 30 heavy (non-hydrogen) atoms. The number of methoxy groups -OCH3 is 1. The Labute approximate surface area is 175 Å². The molecule has 1 N–H and O–H groups in total. The average Bonchev–Trinajstić information content (AvgIpc) is 3.17. The van der Waals surface area contributed by atoms with Crippen molar-refractivity contribution in [2.45, 2.75) is 19.8 Å². The summed E-state index contributed by atoms with van der Waals surface area (Å²) >= 11 is 0. The minimum absolute atomic E-state index is 0.262. The van der Waals surface area contributed by atoms with Crippen molar-refractivity contribution in [1.82, 2.24) is 19.7 Å². The number of amides is 1. The zero-order valence-corrected chi connectivity index (χ0v) is 17.5. The Bertz CT molecular complexity index is 1020. The molecular weight excluding hydrogens is 380 g/mol. The summed E-state index contributed by atoms with van der Waals surface area (Å²) < 4.78 is 6.83. The molecule has 1 saturated heterocycles. The van der Waals surface area contributed by atoms with Crippen molar-refractivity contribution in [2.75, 3.05) is 30.4 Å². The van der Waals surface area contributed by atoms with Crippen LogP contribution in [0, 0.1) is 5.92 Å². The Kier molecular flexibility index (Phi) is 5.65. The van der Waals surface area contributed by atoms with Crippen LogP contribution in [0.1, 0.15) is 30.3 Å². The van der Waals surface area contributed by atoms with Gasteiger partial charge < -0.3 is 15.0 Å². The number of carbonyl (C=O) groups is 1. The highest BCUT2D eigenvalue weighted by Crippen LogP contribution is 2.24. The number of carbonyl (C=O) groups excluding carboxylic acids is 1. The van der Waals surface area contributed by atoms with Crippen LogP contribution in [0.2, 0.25) is 0 Å². The molecule has 1 aliphatic heterocycles. The number of hydrogen-bond donors (Lipinski definition) is 1. The molecule has 1 fully saturated rings. The van der Waals surface area contributed by atoms with Gasteiger partial charge in [0.05, 0.1) is 30.9 Å². The predicted octanol–water partition coefficient (Wildman–Crippen LogP) is 3.37. The molecule has 8 heteroatoms. The molecule has 3 heterocycles. The molecule has 0 unspecified atom stereocenters. The fourth-order valence-electron chi connectivity index (χ4n) is 3.56. The van der Waals surface area contributed by atoms with Crippen molar-refractivity contribution >= 4 is 17.5 Å². The molecule has 156 valence electrons. The summed E-state index contributed by atoms with van der Waals surface area (Å²) in [5.74, 6) is 1.94. The number of aryl methyl sites for hydroxylation is 1. The van der Waals surface area contributed by atoms with Gasteiger partial charge in [-0.3, -0.25) is 9.48 Å². The van der Waals surface area contributed by atoms with Gasteiger partial charge >= 0.3 is 0 Å². The first-order valence-corrected chi connectivity index (χ1v) is 10.1. The third-order valence-corrected chi connectivity index (χ3v) is 5.44. The molecule has 1 aliphatic rings. The van der Waals surface area contributed by atoms with Crippen molar-refractivity contribution in [3.8, 4) is 17.0 Å². The lowest BCUT2D eigenvalue weighted by Gasteiger charge is -2.30. The number of ether oxygens (including phenoxy) is 1. The van der Waals surface area contributed by atoms with Gasteiger partial charge in [-0.25, -0.2) is 9.97 Å². The number of benzene rings is 1. The van der Waals surface area contributed by atoms with Crippen molar-refractivity contribution in [3.05, 3.63) is 48.4 Å². The minimum Gasteiger partial charge on any atom is -0.497 e. The van der Waals surface area contributed by atoms with Crippen LogP contribution in [-0.4, -0.2) is 45.9 Å². The number of anilines is 2. The quantitative estimate of drug-likeness (QED) is 0.699. The average molecular weight is 406 g/mol. The standard InChI is InChI=1S/C22H26N6O2/c1-15-7-9-28(10-8-15)22-23-13-17(14-24-22)25-21(29)20-12-19(26-27(20)2)16-5-4-6-18(11-16)30-3/h4-6,11-15H,7-10H2,1-3H3,(H,25,29). The maximum atomic E-state index is 12.8. The number of rotatable bonds is 5. The van der Waals surface area contributed by atoms with Gasteiger partial charge in [-0.2, -0.15) is 5.10 Å². The zero-order chi connectivity index (χ0) is 21.1. The second kappa shape index (κ2) is 8.52. The summed E-state index contributed by atoms with van der Waals surface area (Å²) in [6.07, 6.45) is 5.60. The van der Waals surface area contributed by atoms with Crippen LogP contribution in [0.4, 0.5) is 11.6 Å². The van der Waals surface area contributed by atoms with Crippen molar-refractivity contribution in [3.63, 3.8) is 0 Å². The van der Waals surface area contributed by atoms with E-state index in [-0.39, 0.29) is 5.91 Å². The normalized spacial score (nSPS) is 14.6. The third kappa shape index (κ3) is 4.27. The molecular formula is C22H26N6O2. The number of hydrogen-bond acceptors (Lipinski definition) is 6. The maximum Gasteiger partial charge on any atom is 0.274 e. The second-order valence-corrected chi connectivity index (χ2v) is 7.67. The first kappa shape index (κ1) is 19.9. The molecule has 2 aromatic heterocycles. The highest BCUT2D eigenvalue weighted by atomic mass is 16.5. The lowest BCUT2D eigenvalue weighted by Crippen LogP contribution is -2.34. The van der Waals surface area contributed by atoms with E-state index in [1.54, 1.807) is 37.3 Å². The first-order chi connectivity index (χ1) is 14.5. The zero-order valence-electron chi connectivity index (χ0n) is 17.5. The van der Waals surface area contributed by atoms with Gasteiger partial charge in [0.1, 0.15) is 11.4 Å². The van der Waals surface area contributed by atoms with Crippen LogP contribution in [0.3, 0.4) is 0 Å². The topological polar surface area (TPSA) is 85.2 Å². The Morgan fingerprint density at radius 1 is 1.17 bits per heavy atom. The molecule has 0 saturated carbocycles. The molecule has 0 aliphatic carbocycles. The first-order valence-electron chi connectivity index (χ1n) is 10.1. The Hall–Kier alpha value is -3.42. The summed E-state index contributed by atoms with van der Waals surface area (Å²) in [5, 5.41) is 7.32. The molecule has 8 nitrogen and oxygen atoms in total. The van der Waals surface area contributed by atoms with E-state index in [1.165, 1.54) is 0 Å². The van der Waals surface area contributed by atoms with Gasteiger partial charge in [-0.15, -0.1) is 0 Å². The molecule has 1 aromatic carbocycles. The molecule has 1 amide bonds. The fraction of sp³-hybridized carbons (Fsp3) is 0.364. The summed E-state index contributed by atoms with van der Waals surface area (Å²) in [6.45, 7) is 4.21. The highest BCUT2D eigenvalue weighted by molar-refractivity contribution is 6.03. The molecule has 4 rings (SSSR count). The van der Waals surface area contributed by atoms with Crippen LogP contribution in [-0.2, 0) is 7.05 Å². The third-order valence-electron chi connectivity index (χ3n) is 5.44. The van der Waals surface area contributed by atoms with Crippen molar-refractivity contribution < 1.29 is 9.53 Å². The number of nitrogens with one attached hydrogen (secondary N) is 1. The van der Waals surface area contributed by atoms with Gasteiger partial charge in [-0.05, 0) is 37.0 Å². The van der Waals surface area contributed by atoms with E-state index >= 15 is 0 Å². The van der Waals surface area contributed by atoms with Crippen molar-refractivity contribution in [1.29, 1.82) is 0 Å². The van der Waals surface area contributed by atoms with E-state index in [4.69, 9.17) is 4.74 Å². The predicted molar refractivity (Wildman–Crippen MR) is 116 cm³/mol. The molecule has 0 bridgehead atoms. The Morgan fingerprint density at radius 2 is 1.90 bits per heavy atom. The summed E-state index contributed by atoms with van der Waals surface area (Å²) in [5.41, 5.74) is 2.58. The smallest absolute Gasteiger partial charge is 0.274 e. The van der Waals surface area contributed by atoms with Crippen molar-refractivity contribution in [2.24, 2.45) is 13.0 Å². The van der Waals surface area contributed by atoms with Gasteiger partial charge in [-0.1, -0.05) is 19.1 Å². The van der Waals surface area contributed by atoms with E-state index in [0.29, 0.717) is 23.0 Å².